The van der Waals surface area contributed by atoms with Crippen LogP contribution >= 0.6 is 11.8 Å². The number of ether oxygens (including phenoxy) is 3. The highest BCUT2D eigenvalue weighted by Gasteiger charge is 2.14. The number of hydrogen-bond donors (Lipinski definition) is 1. The second kappa shape index (κ2) is 9.56. The van der Waals surface area contributed by atoms with Gasteiger partial charge in [0.1, 0.15) is 5.75 Å². The fourth-order valence-corrected chi connectivity index (χ4v) is 3.76. The number of para-hydroxylation sites is 2. The molecule has 0 fully saturated rings. The first-order valence-electron chi connectivity index (χ1n) is 9.63. The van der Waals surface area contributed by atoms with Gasteiger partial charge < -0.3 is 19.5 Å². The number of amides is 1. The molecule has 4 aromatic rings. The van der Waals surface area contributed by atoms with Crippen LogP contribution in [-0.4, -0.2) is 52.8 Å². The highest BCUT2D eigenvalue weighted by molar-refractivity contribution is 7.99. The fraction of sp³-hybridized carbons (Fsp3) is 0.182. The van der Waals surface area contributed by atoms with Gasteiger partial charge in [0.05, 0.1) is 38.5 Å². The van der Waals surface area contributed by atoms with Gasteiger partial charge in [0.25, 0.3) is 0 Å². The molecule has 0 aliphatic rings. The van der Waals surface area contributed by atoms with E-state index in [1.54, 1.807) is 38.0 Å². The largest absolute Gasteiger partial charge is 0.495 e. The number of thioether (sulfide) groups is 1. The maximum atomic E-state index is 12.4. The molecular formula is C22H21N5O4S. The zero-order valence-corrected chi connectivity index (χ0v) is 18.5. The average molecular weight is 452 g/mol. The van der Waals surface area contributed by atoms with E-state index in [2.05, 4.69) is 20.6 Å². The summed E-state index contributed by atoms with van der Waals surface area (Å²) >= 11 is 1.24. The summed E-state index contributed by atoms with van der Waals surface area (Å²) in [7, 11) is 4.74. The van der Waals surface area contributed by atoms with Crippen molar-refractivity contribution < 1.29 is 19.0 Å². The molecule has 2 heterocycles. The number of aromatic nitrogens is 4. The molecule has 0 spiro atoms. The number of benzene rings is 2. The van der Waals surface area contributed by atoms with Gasteiger partial charge >= 0.3 is 0 Å². The molecule has 1 N–H and O–H groups in total. The van der Waals surface area contributed by atoms with Crippen molar-refractivity contribution in [2.45, 2.75) is 5.16 Å². The summed E-state index contributed by atoms with van der Waals surface area (Å²) in [6.07, 6.45) is 0. The van der Waals surface area contributed by atoms with Crippen LogP contribution < -0.4 is 19.5 Å². The van der Waals surface area contributed by atoms with Gasteiger partial charge in [0.2, 0.25) is 11.1 Å². The Bertz CT molecular complexity index is 1260. The number of rotatable bonds is 8. The maximum absolute atomic E-state index is 12.4. The molecule has 4 rings (SSSR count). The van der Waals surface area contributed by atoms with E-state index < -0.39 is 0 Å². The molecule has 0 aliphatic heterocycles. The van der Waals surface area contributed by atoms with Crippen LogP contribution in [0.15, 0.2) is 59.8 Å². The first-order valence-corrected chi connectivity index (χ1v) is 10.6. The topological polar surface area (TPSA) is 99.9 Å². The molecule has 0 radical (unpaired) electrons. The lowest BCUT2D eigenvalue weighted by atomic mass is 10.1. The maximum Gasteiger partial charge on any atom is 0.234 e. The van der Waals surface area contributed by atoms with Crippen LogP contribution in [0, 0.1) is 0 Å². The lowest BCUT2D eigenvalue weighted by Crippen LogP contribution is -2.15. The Hall–Kier alpha value is -3.79. The minimum atomic E-state index is -0.188. The van der Waals surface area contributed by atoms with Crippen molar-refractivity contribution in [3.05, 3.63) is 54.6 Å². The van der Waals surface area contributed by atoms with Crippen molar-refractivity contribution in [2.75, 3.05) is 32.4 Å². The highest BCUT2D eigenvalue weighted by atomic mass is 32.2. The Morgan fingerprint density at radius 3 is 2.50 bits per heavy atom. The molecule has 32 heavy (non-hydrogen) atoms. The quantitative estimate of drug-likeness (QED) is 0.406. The van der Waals surface area contributed by atoms with Crippen molar-refractivity contribution in [3.8, 4) is 28.5 Å². The summed E-state index contributed by atoms with van der Waals surface area (Å²) in [6, 6.07) is 16.5. The van der Waals surface area contributed by atoms with Crippen molar-refractivity contribution >= 4 is 29.0 Å². The van der Waals surface area contributed by atoms with Crippen LogP contribution in [0.25, 0.3) is 16.9 Å². The molecule has 2 aromatic heterocycles. The van der Waals surface area contributed by atoms with Crippen LogP contribution in [0.3, 0.4) is 0 Å². The second-order valence-corrected chi connectivity index (χ2v) is 7.52. The summed E-state index contributed by atoms with van der Waals surface area (Å²) < 4.78 is 17.6. The smallest absolute Gasteiger partial charge is 0.234 e. The summed E-state index contributed by atoms with van der Waals surface area (Å²) in [6.45, 7) is 0. The Morgan fingerprint density at radius 2 is 1.72 bits per heavy atom. The number of fused-ring (bicyclic) bond motifs is 1. The molecule has 0 aliphatic carbocycles. The summed E-state index contributed by atoms with van der Waals surface area (Å²) in [5.41, 5.74) is 2.75. The number of nitrogens with one attached hydrogen (secondary N) is 1. The first-order chi connectivity index (χ1) is 15.6. The Labute approximate surface area is 188 Å². The zero-order valence-electron chi connectivity index (χ0n) is 17.7. The van der Waals surface area contributed by atoms with Crippen LogP contribution in [0.5, 0.6) is 17.2 Å². The van der Waals surface area contributed by atoms with E-state index in [0.717, 1.165) is 5.56 Å². The Morgan fingerprint density at radius 1 is 0.938 bits per heavy atom. The molecule has 0 saturated carbocycles. The van der Waals surface area contributed by atoms with Gasteiger partial charge in [-0.2, -0.15) is 9.61 Å². The van der Waals surface area contributed by atoms with Crippen molar-refractivity contribution in [2.24, 2.45) is 0 Å². The predicted octanol–water partition coefficient (Wildman–Crippen LogP) is 3.55. The second-order valence-electron chi connectivity index (χ2n) is 6.58. The molecule has 0 bridgehead atoms. The third-order valence-electron chi connectivity index (χ3n) is 4.63. The van der Waals surface area contributed by atoms with Gasteiger partial charge in [-0.1, -0.05) is 23.9 Å². The van der Waals surface area contributed by atoms with E-state index in [1.165, 1.54) is 11.8 Å². The molecule has 9 nitrogen and oxygen atoms in total. The molecule has 0 atom stereocenters. The van der Waals surface area contributed by atoms with Gasteiger partial charge in [-0.25, -0.2) is 0 Å². The standard InChI is InChI=1S/C22H21N5O4S/c1-29-17-7-5-4-6-16(17)23-21(28)13-32-22-25-24-20-11-9-15(26-27(20)22)14-8-10-18(30-2)19(12-14)31-3/h4-12H,13H2,1-3H3,(H,23,28). The Kier molecular flexibility index (Phi) is 6.41. The first kappa shape index (κ1) is 21.4. The summed E-state index contributed by atoms with van der Waals surface area (Å²) in [4.78, 5) is 12.4. The third-order valence-corrected chi connectivity index (χ3v) is 5.55. The van der Waals surface area contributed by atoms with Gasteiger partial charge in [0, 0.05) is 5.56 Å². The molecule has 10 heteroatoms. The summed E-state index contributed by atoms with van der Waals surface area (Å²) in [5.74, 6) is 1.80. The molecule has 0 unspecified atom stereocenters. The average Bonchev–Trinajstić information content (AvgIpc) is 3.24. The van der Waals surface area contributed by atoms with Crippen LogP contribution in [0.1, 0.15) is 0 Å². The van der Waals surface area contributed by atoms with E-state index in [1.807, 2.05) is 42.5 Å². The molecule has 1 amide bonds. The number of anilines is 1. The van der Waals surface area contributed by atoms with Crippen molar-refractivity contribution in [3.63, 3.8) is 0 Å². The third kappa shape index (κ3) is 4.45. The minimum absolute atomic E-state index is 0.140. The normalized spacial score (nSPS) is 10.7. The molecule has 2 aromatic carbocycles. The van der Waals surface area contributed by atoms with Crippen LogP contribution in [-0.2, 0) is 4.79 Å². The predicted molar refractivity (Wildman–Crippen MR) is 122 cm³/mol. The van der Waals surface area contributed by atoms with Crippen LogP contribution in [0.2, 0.25) is 0 Å². The van der Waals surface area contributed by atoms with E-state index >= 15 is 0 Å². The van der Waals surface area contributed by atoms with E-state index in [0.29, 0.717) is 39.4 Å². The lowest BCUT2D eigenvalue weighted by Gasteiger charge is -2.10. The summed E-state index contributed by atoms with van der Waals surface area (Å²) in [5, 5.41) is 16.3. The molecule has 0 saturated heterocycles. The minimum Gasteiger partial charge on any atom is -0.495 e. The van der Waals surface area contributed by atoms with E-state index in [-0.39, 0.29) is 11.7 Å². The highest BCUT2D eigenvalue weighted by Crippen LogP contribution is 2.32. The lowest BCUT2D eigenvalue weighted by molar-refractivity contribution is -0.113. The van der Waals surface area contributed by atoms with Gasteiger partial charge in [0.15, 0.2) is 17.1 Å². The monoisotopic (exact) mass is 451 g/mol. The van der Waals surface area contributed by atoms with Gasteiger partial charge in [-0.05, 0) is 42.5 Å². The van der Waals surface area contributed by atoms with Gasteiger partial charge in [-0.3, -0.25) is 4.79 Å². The number of carbonyl (C=O) groups excluding carboxylic acids is 1. The number of methoxy groups -OCH3 is 3. The van der Waals surface area contributed by atoms with Crippen molar-refractivity contribution in [1.82, 2.24) is 19.8 Å². The van der Waals surface area contributed by atoms with Crippen LogP contribution in [0.4, 0.5) is 5.69 Å². The van der Waals surface area contributed by atoms with E-state index in [9.17, 15) is 4.79 Å². The molecular weight excluding hydrogens is 430 g/mol. The molecule has 164 valence electrons. The zero-order chi connectivity index (χ0) is 22.5. The van der Waals surface area contributed by atoms with Gasteiger partial charge in [-0.15, -0.1) is 10.2 Å². The number of carbonyl (C=O) groups is 1. The number of hydrogen-bond acceptors (Lipinski definition) is 8. The van der Waals surface area contributed by atoms with E-state index in [4.69, 9.17) is 14.2 Å². The SMILES string of the molecule is COc1ccccc1NC(=O)CSc1nnc2ccc(-c3ccc(OC)c(OC)c3)nn12. The Balaban J connectivity index is 1.52. The van der Waals surface area contributed by atoms with Crippen molar-refractivity contribution in [1.29, 1.82) is 0 Å². The fourth-order valence-electron chi connectivity index (χ4n) is 3.07. The number of nitrogens with zero attached hydrogens (tertiary/aromatic N) is 4.